The first-order valence-corrected chi connectivity index (χ1v) is 7.53. The fraction of sp³-hybridized carbons (Fsp3) is 0.278. The molecule has 6 nitrogen and oxygen atoms in total. The molecule has 0 radical (unpaired) electrons. The number of nitro groups is 1. The highest BCUT2D eigenvalue weighted by atomic mass is 16.6. The molecule has 1 aliphatic carbocycles. The van der Waals surface area contributed by atoms with Crippen LogP contribution in [0.15, 0.2) is 42.5 Å². The van der Waals surface area contributed by atoms with Crippen molar-refractivity contribution in [1.82, 2.24) is 0 Å². The van der Waals surface area contributed by atoms with E-state index < -0.39 is 10.3 Å². The predicted molar refractivity (Wildman–Crippen MR) is 87.9 cm³/mol. The second kappa shape index (κ2) is 5.96. The van der Waals surface area contributed by atoms with Crippen molar-refractivity contribution in [2.24, 2.45) is 0 Å². The van der Waals surface area contributed by atoms with Gasteiger partial charge < -0.3 is 9.47 Å². The fourth-order valence-electron chi connectivity index (χ4n) is 2.94. The number of ether oxygens (including phenoxy) is 2. The molecule has 2 aromatic carbocycles. The molecule has 0 unspecified atom stereocenters. The van der Waals surface area contributed by atoms with Crippen molar-refractivity contribution in [3.63, 3.8) is 0 Å². The molecule has 2 aromatic rings. The van der Waals surface area contributed by atoms with Gasteiger partial charge in [0.15, 0.2) is 5.78 Å². The van der Waals surface area contributed by atoms with E-state index in [9.17, 15) is 14.9 Å². The van der Waals surface area contributed by atoms with E-state index in [1.54, 1.807) is 26.4 Å². The van der Waals surface area contributed by atoms with Crippen LogP contribution in [0.4, 0.5) is 5.69 Å². The minimum absolute atomic E-state index is 0.0321. The summed E-state index contributed by atoms with van der Waals surface area (Å²) in [5.41, 5.74) is 0.585. The first kappa shape index (κ1) is 16.0. The third-order valence-corrected chi connectivity index (χ3v) is 4.45. The first-order chi connectivity index (χ1) is 11.5. The second-order valence-corrected chi connectivity index (χ2v) is 5.78. The van der Waals surface area contributed by atoms with Crippen LogP contribution in [0.1, 0.15) is 28.8 Å². The van der Waals surface area contributed by atoms with Crippen molar-refractivity contribution in [3.05, 3.63) is 63.7 Å². The van der Waals surface area contributed by atoms with E-state index in [0.29, 0.717) is 29.9 Å². The number of rotatable bonds is 6. The van der Waals surface area contributed by atoms with Gasteiger partial charge in [-0.15, -0.1) is 0 Å². The molecule has 24 heavy (non-hydrogen) atoms. The van der Waals surface area contributed by atoms with Crippen LogP contribution in [-0.2, 0) is 5.41 Å². The normalized spacial score (nSPS) is 14.8. The van der Waals surface area contributed by atoms with Crippen LogP contribution in [0.5, 0.6) is 11.5 Å². The van der Waals surface area contributed by atoms with E-state index in [1.807, 2.05) is 6.07 Å². The molecule has 0 bridgehead atoms. The number of carbonyl (C=O) groups is 1. The lowest BCUT2D eigenvalue weighted by Crippen LogP contribution is -2.21. The van der Waals surface area contributed by atoms with Gasteiger partial charge in [-0.25, -0.2) is 0 Å². The van der Waals surface area contributed by atoms with Crippen LogP contribution in [0, 0.1) is 10.1 Å². The summed E-state index contributed by atoms with van der Waals surface area (Å²) in [5, 5.41) is 10.8. The van der Waals surface area contributed by atoms with Crippen LogP contribution in [0.2, 0.25) is 0 Å². The molecule has 1 aliphatic rings. The third kappa shape index (κ3) is 2.60. The van der Waals surface area contributed by atoms with Gasteiger partial charge in [-0.05, 0) is 43.2 Å². The highest BCUT2D eigenvalue weighted by Gasteiger charge is 2.53. The van der Waals surface area contributed by atoms with Crippen LogP contribution in [0.25, 0.3) is 0 Å². The topological polar surface area (TPSA) is 78.7 Å². The Kier molecular flexibility index (Phi) is 3.97. The van der Waals surface area contributed by atoms with Crippen LogP contribution in [0.3, 0.4) is 0 Å². The molecule has 0 atom stereocenters. The Morgan fingerprint density at radius 2 is 1.75 bits per heavy atom. The number of ketones is 1. The number of methoxy groups -OCH3 is 2. The van der Waals surface area contributed by atoms with Gasteiger partial charge in [-0.3, -0.25) is 14.9 Å². The lowest BCUT2D eigenvalue weighted by Gasteiger charge is -2.19. The van der Waals surface area contributed by atoms with Gasteiger partial charge in [0.25, 0.3) is 5.69 Å². The average Bonchev–Trinajstić information content (AvgIpc) is 3.42. The van der Waals surface area contributed by atoms with E-state index in [-0.39, 0.29) is 11.5 Å². The molecule has 1 saturated carbocycles. The first-order valence-electron chi connectivity index (χ1n) is 7.53. The van der Waals surface area contributed by atoms with Crippen molar-refractivity contribution in [2.45, 2.75) is 18.3 Å². The largest absolute Gasteiger partial charge is 0.497 e. The summed E-state index contributed by atoms with van der Waals surface area (Å²) in [5.74, 6) is 1.25. The number of nitrogens with zero attached hydrogens (tertiary/aromatic N) is 1. The standard InChI is InChI=1S/C18H17NO5/c1-23-14-7-8-16(24-2)15(11-14)18(9-10-18)17(20)12-3-5-13(6-4-12)19(21)22/h3-8,11H,9-10H2,1-2H3. The van der Waals surface area contributed by atoms with E-state index in [4.69, 9.17) is 9.47 Å². The van der Waals surface area contributed by atoms with Crippen molar-refractivity contribution < 1.29 is 19.2 Å². The number of carbonyl (C=O) groups excluding carboxylic acids is 1. The quantitative estimate of drug-likeness (QED) is 0.461. The van der Waals surface area contributed by atoms with Gasteiger partial charge in [0.05, 0.1) is 24.6 Å². The Balaban J connectivity index is 1.99. The molecule has 0 spiro atoms. The zero-order valence-corrected chi connectivity index (χ0v) is 13.4. The van der Waals surface area contributed by atoms with Gasteiger partial charge >= 0.3 is 0 Å². The Hall–Kier alpha value is -2.89. The molecule has 1 fully saturated rings. The van der Waals surface area contributed by atoms with Crippen LogP contribution >= 0.6 is 0 Å². The molecule has 124 valence electrons. The number of non-ortho nitro benzene ring substituents is 1. The lowest BCUT2D eigenvalue weighted by molar-refractivity contribution is -0.384. The SMILES string of the molecule is COc1ccc(OC)c(C2(C(=O)c3ccc([N+](=O)[O-])cc3)CC2)c1. The molecule has 0 aromatic heterocycles. The van der Waals surface area contributed by atoms with Gasteiger partial charge in [-0.1, -0.05) is 0 Å². The zero-order chi connectivity index (χ0) is 17.3. The molecule has 0 amide bonds. The predicted octanol–water partition coefficient (Wildman–Crippen LogP) is 3.53. The average molecular weight is 327 g/mol. The summed E-state index contributed by atoms with van der Waals surface area (Å²) >= 11 is 0. The maximum Gasteiger partial charge on any atom is 0.269 e. The molecule has 6 heteroatoms. The Labute approximate surface area is 139 Å². The number of hydrogen-bond acceptors (Lipinski definition) is 5. The molecule has 0 saturated heterocycles. The monoisotopic (exact) mass is 327 g/mol. The summed E-state index contributed by atoms with van der Waals surface area (Å²) in [6.45, 7) is 0. The molecular formula is C18H17NO5. The van der Waals surface area contributed by atoms with E-state index in [1.165, 1.54) is 24.3 Å². The molecule has 0 heterocycles. The minimum atomic E-state index is -0.643. The highest BCUT2D eigenvalue weighted by molar-refractivity contribution is 6.06. The number of Topliss-reactive ketones (excluding diaryl/α,β-unsaturated/α-hetero) is 1. The van der Waals surface area contributed by atoms with Gasteiger partial charge in [0, 0.05) is 23.3 Å². The second-order valence-electron chi connectivity index (χ2n) is 5.78. The molecular weight excluding hydrogens is 310 g/mol. The summed E-state index contributed by atoms with van der Waals surface area (Å²) in [4.78, 5) is 23.3. The molecule has 3 rings (SSSR count). The van der Waals surface area contributed by atoms with E-state index in [0.717, 1.165) is 5.56 Å². The maximum atomic E-state index is 13.0. The van der Waals surface area contributed by atoms with Crippen LogP contribution in [-0.4, -0.2) is 24.9 Å². The Morgan fingerprint density at radius 3 is 2.25 bits per heavy atom. The summed E-state index contributed by atoms with van der Waals surface area (Å²) < 4.78 is 10.7. The van der Waals surface area contributed by atoms with Gasteiger partial charge in [0.1, 0.15) is 11.5 Å². The lowest BCUT2D eigenvalue weighted by atomic mass is 9.86. The van der Waals surface area contributed by atoms with Crippen molar-refractivity contribution in [2.75, 3.05) is 14.2 Å². The number of nitro benzene ring substituents is 1. The molecule has 0 aliphatic heterocycles. The van der Waals surface area contributed by atoms with Gasteiger partial charge in [0.2, 0.25) is 0 Å². The Morgan fingerprint density at radius 1 is 1.08 bits per heavy atom. The molecule has 0 N–H and O–H groups in total. The van der Waals surface area contributed by atoms with Crippen molar-refractivity contribution in [1.29, 1.82) is 0 Å². The number of hydrogen-bond donors (Lipinski definition) is 0. The van der Waals surface area contributed by atoms with Crippen molar-refractivity contribution >= 4 is 11.5 Å². The van der Waals surface area contributed by atoms with Crippen molar-refractivity contribution in [3.8, 4) is 11.5 Å². The van der Waals surface area contributed by atoms with E-state index in [2.05, 4.69) is 0 Å². The Bertz CT molecular complexity index is 794. The fourth-order valence-corrected chi connectivity index (χ4v) is 2.94. The summed E-state index contributed by atoms with van der Waals surface area (Å²) in [7, 11) is 3.14. The zero-order valence-electron chi connectivity index (χ0n) is 13.4. The smallest absolute Gasteiger partial charge is 0.269 e. The van der Waals surface area contributed by atoms with Gasteiger partial charge in [-0.2, -0.15) is 0 Å². The highest BCUT2D eigenvalue weighted by Crippen LogP contribution is 2.54. The number of benzene rings is 2. The minimum Gasteiger partial charge on any atom is -0.497 e. The summed E-state index contributed by atoms with van der Waals surface area (Å²) in [6, 6.07) is 11.1. The van der Waals surface area contributed by atoms with E-state index >= 15 is 0 Å². The maximum absolute atomic E-state index is 13.0. The third-order valence-electron chi connectivity index (χ3n) is 4.45. The van der Waals surface area contributed by atoms with Crippen LogP contribution < -0.4 is 9.47 Å². The summed E-state index contributed by atoms with van der Waals surface area (Å²) in [6.07, 6.45) is 1.43.